The second-order valence-electron chi connectivity index (χ2n) is 3.58. The van der Waals surface area contributed by atoms with Gasteiger partial charge in [0, 0.05) is 26.8 Å². The summed E-state index contributed by atoms with van der Waals surface area (Å²) in [6, 6.07) is 0. The van der Waals surface area contributed by atoms with Crippen LogP contribution in [0, 0.1) is 5.41 Å². The average Bonchev–Trinajstić information content (AvgIpc) is 2.12. The van der Waals surface area contributed by atoms with Crippen LogP contribution in [-0.2, 0) is 14.3 Å². The van der Waals surface area contributed by atoms with Gasteiger partial charge in [-0.15, -0.1) is 0 Å². The Labute approximate surface area is 83.9 Å². The van der Waals surface area contributed by atoms with Crippen LogP contribution in [-0.4, -0.2) is 45.9 Å². The van der Waals surface area contributed by atoms with Crippen molar-refractivity contribution >= 4 is 5.91 Å². The van der Waals surface area contributed by atoms with Crippen molar-refractivity contribution < 1.29 is 14.3 Å². The smallest absolute Gasteiger partial charge is 0.232 e. The second kappa shape index (κ2) is 5.29. The van der Waals surface area contributed by atoms with Gasteiger partial charge in [0.05, 0.1) is 13.2 Å². The van der Waals surface area contributed by atoms with Gasteiger partial charge in [0.1, 0.15) is 5.41 Å². The molecule has 0 spiro atoms. The lowest BCUT2D eigenvalue weighted by molar-refractivity contribution is -0.159. The van der Waals surface area contributed by atoms with E-state index < -0.39 is 5.41 Å². The van der Waals surface area contributed by atoms with Gasteiger partial charge in [0.2, 0.25) is 5.91 Å². The number of hydrogen-bond donors (Lipinski definition) is 2. The van der Waals surface area contributed by atoms with Gasteiger partial charge in [0.15, 0.2) is 0 Å². The Morgan fingerprint density at radius 1 is 1.64 bits per heavy atom. The maximum Gasteiger partial charge on any atom is 0.232 e. The third-order valence-electron chi connectivity index (χ3n) is 2.44. The molecule has 1 aliphatic heterocycles. The van der Waals surface area contributed by atoms with Crippen LogP contribution >= 0.6 is 0 Å². The van der Waals surface area contributed by atoms with Crippen molar-refractivity contribution in [3.63, 3.8) is 0 Å². The van der Waals surface area contributed by atoms with Gasteiger partial charge < -0.3 is 20.5 Å². The summed E-state index contributed by atoms with van der Waals surface area (Å²) in [5.41, 5.74) is 5.07. The highest BCUT2D eigenvalue weighted by molar-refractivity contribution is 5.84. The lowest BCUT2D eigenvalue weighted by atomic mass is 9.85. The first kappa shape index (κ1) is 11.4. The molecular weight excluding hydrogens is 184 g/mol. The largest absolute Gasteiger partial charge is 0.385 e. The molecule has 0 aliphatic carbocycles. The van der Waals surface area contributed by atoms with E-state index in [0.29, 0.717) is 32.9 Å². The molecule has 14 heavy (non-hydrogen) atoms. The van der Waals surface area contributed by atoms with Crippen molar-refractivity contribution in [3.8, 4) is 0 Å². The van der Waals surface area contributed by atoms with E-state index in [9.17, 15) is 4.79 Å². The summed E-state index contributed by atoms with van der Waals surface area (Å²) in [4.78, 5) is 11.6. The second-order valence-corrected chi connectivity index (χ2v) is 3.58. The zero-order valence-corrected chi connectivity index (χ0v) is 8.54. The van der Waals surface area contributed by atoms with Crippen molar-refractivity contribution in [2.24, 2.45) is 11.1 Å². The van der Waals surface area contributed by atoms with E-state index in [1.165, 1.54) is 0 Å². The number of methoxy groups -OCH3 is 1. The summed E-state index contributed by atoms with van der Waals surface area (Å²) in [5, 5.41) is 2.83. The number of nitrogens with two attached hydrogens (primary N) is 1. The predicted molar refractivity (Wildman–Crippen MR) is 51.8 cm³/mol. The molecule has 0 aromatic carbocycles. The topological polar surface area (TPSA) is 73.6 Å². The maximum atomic E-state index is 11.6. The number of carbonyl (C=O) groups excluding carboxylic acids is 1. The van der Waals surface area contributed by atoms with E-state index in [0.717, 1.165) is 6.42 Å². The van der Waals surface area contributed by atoms with Crippen molar-refractivity contribution in [2.75, 3.05) is 40.0 Å². The number of hydrogen-bond acceptors (Lipinski definition) is 4. The minimum atomic E-state index is -0.465. The van der Waals surface area contributed by atoms with Crippen LogP contribution < -0.4 is 11.1 Å². The third-order valence-corrected chi connectivity index (χ3v) is 2.44. The number of amides is 1. The van der Waals surface area contributed by atoms with Crippen LogP contribution in [0.25, 0.3) is 0 Å². The van der Waals surface area contributed by atoms with Crippen molar-refractivity contribution in [1.29, 1.82) is 0 Å². The number of rotatable bonds is 6. The van der Waals surface area contributed by atoms with E-state index in [4.69, 9.17) is 15.2 Å². The van der Waals surface area contributed by atoms with E-state index >= 15 is 0 Å². The molecule has 3 N–H and O–H groups in total. The first-order valence-corrected chi connectivity index (χ1v) is 4.80. The fourth-order valence-electron chi connectivity index (χ4n) is 1.30. The Morgan fingerprint density at radius 2 is 2.36 bits per heavy atom. The molecule has 0 bridgehead atoms. The van der Waals surface area contributed by atoms with Gasteiger partial charge in [-0.3, -0.25) is 4.79 Å². The Bertz CT molecular complexity index is 187. The van der Waals surface area contributed by atoms with E-state index in [2.05, 4.69) is 5.32 Å². The van der Waals surface area contributed by atoms with E-state index in [1.807, 2.05) is 0 Å². The Kier molecular flexibility index (Phi) is 4.31. The SMILES string of the molecule is COCCCNC(=O)C1(CN)COC1. The van der Waals surface area contributed by atoms with Crippen molar-refractivity contribution in [1.82, 2.24) is 5.32 Å². The molecule has 1 rings (SSSR count). The maximum absolute atomic E-state index is 11.6. The standard InChI is InChI=1S/C9H18N2O3/c1-13-4-2-3-11-8(12)9(5-10)6-14-7-9/h2-7,10H2,1H3,(H,11,12). The lowest BCUT2D eigenvalue weighted by Crippen LogP contribution is -2.58. The molecule has 0 unspecified atom stereocenters. The molecule has 1 fully saturated rings. The number of carbonyl (C=O) groups is 1. The molecule has 0 aromatic heterocycles. The van der Waals surface area contributed by atoms with Gasteiger partial charge in [-0.2, -0.15) is 0 Å². The summed E-state index contributed by atoms with van der Waals surface area (Å²) in [5.74, 6) is 0.00218. The van der Waals surface area contributed by atoms with Crippen LogP contribution in [0.4, 0.5) is 0 Å². The zero-order valence-electron chi connectivity index (χ0n) is 8.54. The van der Waals surface area contributed by atoms with Crippen LogP contribution in [0.1, 0.15) is 6.42 Å². The minimum absolute atomic E-state index is 0.00218. The number of ether oxygens (including phenoxy) is 2. The number of nitrogens with one attached hydrogen (secondary N) is 1. The molecule has 0 atom stereocenters. The summed E-state index contributed by atoms with van der Waals surface area (Å²) in [6.45, 7) is 2.53. The molecule has 1 amide bonds. The van der Waals surface area contributed by atoms with E-state index in [1.54, 1.807) is 7.11 Å². The van der Waals surface area contributed by atoms with Gasteiger partial charge in [-0.1, -0.05) is 0 Å². The van der Waals surface area contributed by atoms with Crippen molar-refractivity contribution in [2.45, 2.75) is 6.42 Å². The summed E-state index contributed by atoms with van der Waals surface area (Å²) < 4.78 is 9.89. The lowest BCUT2D eigenvalue weighted by Gasteiger charge is -2.38. The van der Waals surface area contributed by atoms with Gasteiger partial charge >= 0.3 is 0 Å². The summed E-state index contributed by atoms with van der Waals surface area (Å²) >= 11 is 0. The summed E-state index contributed by atoms with van der Waals surface area (Å²) in [7, 11) is 1.64. The molecule has 1 heterocycles. The van der Waals surface area contributed by atoms with Crippen LogP contribution in [0.5, 0.6) is 0 Å². The normalized spacial score (nSPS) is 18.7. The van der Waals surface area contributed by atoms with Crippen LogP contribution in [0.3, 0.4) is 0 Å². The fraction of sp³-hybridized carbons (Fsp3) is 0.889. The minimum Gasteiger partial charge on any atom is -0.385 e. The molecule has 0 aromatic rings. The highest BCUT2D eigenvalue weighted by atomic mass is 16.5. The van der Waals surface area contributed by atoms with E-state index in [-0.39, 0.29) is 5.91 Å². The highest BCUT2D eigenvalue weighted by Gasteiger charge is 2.44. The molecule has 1 saturated heterocycles. The quantitative estimate of drug-likeness (QED) is 0.548. The molecule has 0 saturated carbocycles. The fourth-order valence-corrected chi connectivity index (χ4v) is 1.30. The Hall–Kier alpha value is -0.650. The molecule has 1 aliphatic rings. The van der Waals surface area contributed by atoms with Gasteiger partial charge in [-0.25, -0.2) is 0 Å². The predicted octanol–water partition coefficient (Wildman–Crippen LogP) is -0.886. The molecular formula is C9H18N2O3. The monoisotopic (exact) mass is 202 g/mol. The highest BCUT2D eigenvalue weighted by Crippen LogP contribution is 2.25. The summed E-state index contributed by atoms with van der Waals surface area (Å²) in [6.07, 6.45) is 0.823. The molecule has 82 valence electrons. The average molecular weight is 202 g/mol. The van der Waals surface area contributed by atoms with Gasteiger partial charge in [-0.05, 0) is 6.42 Å². The molecule has 5 nitrogen and oxygen atoms in total. The molecule has 0 radical (unpaired) electrons. The zero-order chi connectivity index (χ0) is 10.4. The van der Waals surface area contributed by atoms with Crippen LogP contribution in [0.15, 0.2) is 0 Å². The Balaban J connectivity index is 2.20. The first-order valence-electron chi connectivity index (χ1n) is 4.80. The van der Waals surface area contributed by atoms with Crippen molar-refractivity contribution in [3.05, 3.63) is 0 Å². The van der Waals surface area contributed by atoms with Gasteiger partial charge in [0.25, 0.3) is 0 Å². The molecule has 5 heteroatoms. The Morgan fingerprint density at radius 3 is 2.79 bits per heavy atom. The van der Waals surface area contributed by atoms with Crippen LogP contribution in [0.2, 0.25) is 0 Å². The first-order chi connectivity index (χ1) is 6.75. The third kappa shape index (κ3) is 2.43.